The number of hydrogen-bond acceptors (Lipinski definition) is 11. The average molecular weight is 637 g/mol. The molecule has 0 bridgehead atoms. The first kappa shape index (κ1) is 31.5. The highest BCUT2D eigenvalue weighted by Gasteiger charge is 2.81. The van der Waals surface area contributed by atoms with E-state index in [1.54, 1.807) is 0 Å². The van der Waals surface area contributed by atoms with Crippen LogP contribution in [-0.4, -0.2) is 109 Å². The first-order valence-corrected chi connectivity index (χ1v) is 17.3. The van der Waals surface area contributed by atoms with E-state index < -0.39 is 83.4 Å². The van der Waals surface area contributed by atoms with Crippen molar-refractivity contribution in [3.63, 3.8) is 0 Å². The van der Waals surface area contributed by atoms with Gasteiger partial charge in [-0.3, -0.25) is 4.79 Å². The normalized spacial score (nSPS) is 63.6. The first-order chi connectivity index (χ1) is 21.0. The fraction of sp³-hybridized carbons (Fsp3) is 0.971. The van der Waals surface area contributed by atoms with Crippen LogP contribution in [0.25, 0.3) is 0 Å². The number of aliphatic hydroxyl groups excluding tert-OH is 5. The predicted molar refractivity (Wildman–Crippen MR) is 156 cm³/mol. The molecule has 19 unspecified atom stereocenters. The van der Waals surface area contributed by atoms with Gasteiger partial charge in [-0.15, -0.1) is 0 Å². The van der Waals surface area contributed by atoms with Gasteiger partial charge in [0.25, 0.3) is 0 Å². The van der Waals surface area contributed by atoms with Crippen molar-refractivity contribution in [3.8, 4) is 0 Å². The summed E-state index contributed by atoms with van der Waals surface area (Å²) < 4.78 is 24.6. The van der Waals surface area contributed by atoms with Gasteiger partial charge in [0.05, 0.1) is 24.4 Å². The minimum absolute atomic E-state index is 0.181. The van der Waals surface area contributed by atoms with Gasteiger partial charge in [0.1, 0.15) is 41.4 Å². The van der Waals surface area contributed by atoms with Crippen molar-refractivity contribution in [2.75, 3.05) is 6.61 Å². The second-order valence-electron chi connectivity index (χ2n) is 17.1. The van der Waals surface area contributed by atoms with Crippen LogP contribution in [0.4, 0.5) is 0 Å². The van der Waals surface area contributed by atoms with Gasteiger partial charge in [-0.1, -0.05) is 20.8 Å². The predicted octanol–water partition coefficient (Wildman–Crippen LogP) is 1.03. The Morgan fingerprint density at radius 1 is 0.956 bits per heavy atom. The van der Waals surface area contributed by atoms with Gasteiger partial charge < -0.3 is 49.6 Å². The number of ether oxygens (including phenoxy) is 4. The molecular formula is C34H52O11. The smallest absolute Gasteiger partial charge is 0.192 e. The van der Waals surface area contributed by atoms with Gasteiger partial charge in [-0.2, -0.15) is 0 Å². The van der Waals surface area contributed by atoms with E-state index >= 15 is 0 Å². The number of hydrogen-bond donors (Lipinski definition) is 6. The lowest BCUT2D eigenvalue weighted by atomic mass is 9.44. The summed E-state index contributed by atoms with van der Waals surface area (Å²) in [5.41, 5.74) is -3.68. The maximum absolute atomic E-state index is 13.5. The van der Waals surface area contributed by atoms with E-state index in [1.165, 1.54) is 0 Å². The first-order valence-electron chi connectivity index (χ1n) is 17.3. The minimum Gasteiger partial charge on any atom is -0.394 e. The molecule has 45 heavy (non-hydrogen) atoms. The Morgan fingerprint density at radius 2 is 1.67 bits per heavy atom. The van der Waals surface area contributed by atoms with Crippen LogP contribution in [0.15, 0.2) is 0 Å². The third-order valence-corrected chi connectivity index (χ3v) is 15.8. The van der Waals surface area contributed by atoms with E-state index in [9.17, 15) is 35.4 Å². The number of epoxide rings is 1. The second-order valence-corrected chi connectivity index (χ2v) is 17.1. The van der Waals surface area contributed by atoms with E-state index in [4.69, 9.17) is 18.9 Å². The molecule has 19 atom stereocenters. The van der Waals surface area contributed by atoms with Gasteiger partial charge in [-0.25, -0.2) is 0 Å². The van der Waals surface area contributed by atoms with E-state index in [1.807, 2.05) is 20.8 Å². The Morgan fingerprint density at radius 3 is 2.38 bits per heavy atom. The molecule has 1 spiro atoms. The van der Waals surface area contributed by atoms with Crippen LogP contribution in [-0.2, 0) is 23.7 Å². The topological polar surface area (TPSA) is 179 Å². The average Bonchev–Trinajstić information content (AvgIpc) is 3.80. The molecule has 0 aromatic rings. The maximum atomic E-state index is 13.5. The molecule has 0 aromatic carbocycles. The molecule has 3 aliphatic heterocycles. The van der Waals surface area contributed by atoms with Crippen molar-refractivity contribution >= 4 is 5.78 Å². The number of carbonyl (C=O) groups excluding carboxylic acids is 1. The molecule has 3 saturated heterocycles. The summed E-state index contributed by atoms with van der Waals surface area (Å²) in [6, 6.07) is 0. The Labute approximate surface area is 264 Å². The third kappa shape index (κ3) is 3.64. The highest BCUT2D eigenvalue weighted by atomic mass is 16.8. The Kier molecular flexibility index (Phi) is 6.65. The lowest BCUT2D eigenvalue weighted by Gasteiger charge is -2.61. The highest BCUT2D eigenvalue weighted by molar-refractivity contribution is 5.91. The van der Waals surface area contributed by atoms with Crippen molar-refractivity contribution in [1.82, 2.24) is 0 Å². The second kappa shape index (κ2) is 9.49. The number of aliphatic hydroxyl groups is 6. The summed E-state index contributed by atoms with van der Waals surface area (Å²) in [6.45, 7) is 9.66. The van der Waals surface area contributed by atoms with Crippen LogP contribution in [0.2, 0.25) is 0 Å². The summed E-state index contributed by atoms with van der Waals surface area (Å²) in [6.07, 6.45) is -3.17. The zero-order valence-corrected chi connectivity index (χ0v) is 27.1. The Bertz CT molecular complexity index is 1260. The van der Waals surface area contributed by atoms with Gasteiger partial charge in [0, 0.05) is 29.6 Å². The van der Waals surface area contributed by atoms with Crippen LogP contribution in [0.1, 0.15) is 86.0 Å². The molecule has 11 heteroatoms. The quantitative estimate of drug-likeness (QED) is 0.238. The lowest BCUT2D eigenvalue weighted by Crippen LogP contribution is -2.63. The fourth-order valence-corrected chi connectivity index (χ4v) is 12.6. The molecule has 8 aliphatic rings. The van der Waals surface area contributed by atoms with Gasteiger partial charge >= 0.3 is 0 Å². The van der Waals surface area contributed by atoms with Crippen molar-refractivity contribution in [3.05, 3.63) is 0 Å². The number of Topliss-reactive ketones (excluding diaryl/α,β-unsaturated/α-hetero) is 1. The summed E-state index contributed by atoms with van der Waals surface area (Å²) in [7, 11) is 0. The molecule has 0 radical (unpaired) electrons. The molecular weight excluding hydrogens is 584 g/mol. The van der Waals surface area contributed by atoms with Gasteiger partial charge in [-0.05, 0) is 81.5 Å². The lowest BCUT2D eigenvalue weighted by molar-refractivity contribution is -0.356. The van der Waals surface area contributed by atoms with E-state index in [0.29, 0.717) is 37.4 Å². The van der Waals surface area contributed by atoms with Crippen LogP contribution in [0.5, 0.6) is 0 Å². The molecule has 11 nitrogen and oxygen atoms in total. The summed E-state index contributed by atoms with van der Waals surface area (Å²) >= 11 is 0. The zero-order chi connectivity index (χ0) is 32.3. The molecule has 8 rings (SSSR count). The van der Waals surface area contributed by atoms with E-state index in [2.05, 4.69) is 13.8 Å². The maximum Gasteiger partial charge on any atom is 0.192 e. The molecule has 8 fully saturated rings. The van der Waals surface area contributed by atoms with Crippen molar-refractivity contribution in [2.24, 2.45) is 45.8 Å². The van der Waals surface area contributed by atoms with Crippen LogP contribution in [0, 0.1) is 45.8 Å². The van der Waals surface area contributed by atoms with Crippen molar-refractivity contribution < 1.29 is 54.4 Å². The summed E-state index contributed by atoms with van der Waals surface area (Å²) in [5.74, 6) is 0.949. The monoisotopic (exact) mass is 636 g/mol. The number of fused-ring (bicyclic) bond motifs is 5. The molecule has 3 heterocycles. The number of ketones is 1. The molecule has 5 aliphatic carbocycles. The molecule has 0 aromatic heterocycles. The number of carbonyl (C=O) groups is 1. The highest BCUT2D eigenvalue weighted by Crippen LogP contribution is 2.81. The van der Waals surface area contributed by atoms with E-state index in [0.717, 1.165) is 25.7 Å². The Balaban J connectivity index is 1.04. The summed E-state index contributed by atoms with van der Waals surface area (Å²) in [5, 5.41) is 65.2. The molecule has 0 amide bonds. The Hall–Kier alpha value is -0.730. The van der Waals surface area contributed by atoms with Crippen LogP contribution < -0.4 is 0 Å². The zero-order valence-electron chi connectivity index (χ0n) is 27.1. The van der Waals surface area contributed by atoms with E-state index in [-0.39, 0.29) is 29.1 Å². The molecule has 254 valence electrons. The van der Waals surface area contributed by atoms with Crippen LogP contribution in [0.3, 0.4) is 0 Å². The number of rotatable bonds is 5. The van der Waals surface area contributed by atoms with Crippen molar-refractivity contribution in [2.45, 2.75) is 152 Å². The van der Waals surface area contributed by atoms with Gasteiger partial charge in [0.15, 0.2) is 12.6 Å². The fourth-order valence-electron chi connectivity index (χ4n) is 12.6. The third-order valence-electron chi connectivity index (χ3n) is 15.8. The minimum atomic E-state index is -1.58. The SMILES string of the molecule is CC(C1CC2(C)OC2(C)C(OC2OC(CO)C(O)C(O)C2O)O1)C1(O)CCC2C3CC(O)C45CC4CC(=O)C5(C)C3CCC21C. The largest absolute Gasteiger partial charge is 0.394 e. The molecule has 5 saturated carbocycles. The standard InChI is InChI=1S/C34H52O11/c1-15(20-13-30(3)32(5,45-30)28(43-20)44-27-26(40)25(39)24(38)21(14-35)42-27)34(41)9-7-18-17-11-23(37)33-12-16(33)10-22(36)31(33,4)19(17)6-8-29(18,34)2/h15-21,23-28,35,37-41H,6-14H2,1-5H3. The van der Waals surface area contributed by atoms with Gasteiger partial charge in [0.2, 0.25) is 0 Å². The van der Waals surface area contributed by atoms with Crippen molar-refractivity contribution in [1.29, 1.82) is 0 Å². The molecule has 6 N–H and O–H groups in total. The van der Waals surface area contributed by atoms with Crippen LogP contribution >= 0.6 is 0 Å². The summed E-state index contributed by atoms with van der Waals surface area (Å²) in [4.78, 5) is 13.5.